The first kappa shape index (κ1) is 13.3. The molecule has 1 aliphatic rings. The maximum atomic E-state index is 4.53. The summed E-state index contributed by atoms with van der Waals surface area (Å²) in [5.41, 5.74) is 1.03. The van der Waals surface area contributed by atoms with Crippen molar-refractivity contribution in [1.82, 2.24) is 14.9 Å². The van der Waals surface area contributed by atoms with E-state index in [1.807, 2.05) is 20.0 Å². The Morgan fingerprint density at radius 1 is 1.39 bits per heavy atom. The summed E-state index contributed by atoms with van der Waals surface area (Å²) in [7, 11) is 1.90. The van der Waals surface area contributed by atoms with E-state index in [1.165, 1.54) is 25.8 Å². The lowest BCUT2D eigenvalue weighted by atomic mass is 9.85. The predicted molar refractivity (Wildman–Crippen MR) is 74.6 cm³/mol. The molecule has 0 saturated heterocycles. The quantitative estimate of drug-likeness (QED) is 0.839. The minimum Gasteiger partial charge on any atom is -0.373 e. The molecule has 1 aliphatic carbocycles. The summed E-state index contributed by atoms with van der Waals surface area (Å²) in [5.74, 6) is 2.75. The third-order valence-electron chi connectivity index (χ3n) is 3.71. The summed E-state index contributed by atoms with van der Waals surface area (Å²) >= 11 is 0. The monoisotopic (exact) mass is 248 g/mol. The van der Waals surface area contributed by atoms with Crippen LogP contribution in [0.25, 0.3) is 0 Å². The van der Waals surface area contributed by atoms with Crippen molar-refractivity contribution in [3.05, 3.63) is 17.6 Å². The van der Waals surface area contributed by atoms with Crippen molar-refractivity contribution in [2.24, 2.45) is 5.92 Å². The van der Waals surface area contributed by atoms with Gasteiger partial charge in [0.25, 0.3) is 0 Å². The van der Waals surface area contributed by atoms with Crippen LogP contribution >= 0.6 is 0 Å². The second-order valence-electron chi connectivity index (χ2n) is 5.19. The zero-order valence-electron chi connectivity index (χ0n) is 11.7. The number of aromatic nitrogens is 2. The van der Waals surface area contributed by atoms with Crippen LogP contribution in [0.15, 0.2) is 6.07 Å². The van der Waals surface area contributed by atoms with Crippen LogP contribution in [0.3, 0.4) is 0 Å². The number of nitrogens with zero attached hydrogens (tertiary/aromatic N) is 3. The number of nitrogens with one attached hydrogen (secondary N) is 1. The minimum absolute atomic E-state index is 0.864. The highest BCUT2D eigenvalue weighted by Crippen LogP contribution is 2.27. The van der Waals surface area contributed by atoms with Crippen molar-refractivity contribution < 1.29 is 0 Å². The van der Waals surface area contributed by atoms with Gasteiger partial charge in [0.15, 0.2) is 0 Å². The molecule has 0 aromatic carbocycles. The van der Waals surface area contributed by atoms with Gasteiger partial charge in [0, 0.05) is 25.4 Å². The lowest BCUT2D eigenvalue weighted by molar-refractivity contribution is 0.175. The van der Waals surface area contributed by atoms with Crippen LogP contribution in [-0.2, 0) is 6.54 Å². The fraction of sp³-hybridized carbons (Fsp3) is 0.714. The third-order valence-corrected chi connectivity index (χ3v) is 3.71. The van der Waals surface area contributed by atoms with E-state index >= 15 is 0 Å². The van der Waals surface area contributed by atoms with E-state index in [2.05, 4.69) is 27.1 Å². The normalized spacial score (nSPS) is 15.8. The largest absolute Gasteiger partial charge is 0.373 e. The third kappa shape index (κ3) is 3.42. The van der Waals surface area contributed by atoms with Crippen molar-refractivity contribution >= 4 is 5.82 Å². The highest BCUT2D eigenvalue weighted by Gasteiger charge is 2.20. The molecule has 1 saturated carbocycles. The van der Waals surface area contributed by atoms with E-state index in [0.717, 1.165) is 36.3 Å². The second-order valence-corrected chi connectivity index (χ2v) is 5.19. The molecule has 4 nitrogen and oxygen atoms in total. The predicted octanol–water partition coefficient (Wildman–Crippen LogP) is 2.45. The van der Waals surface area contributed by atoms with Gasteiger partial charge < -0.3 is 5.32 Å². The molecule has 4 heteroatoms. The summed E-state index contributed by atoms with van der Waals surface area (Å²) in [4.78, 5) is 11.5. The van der Waals surface area contributed by atoms with E-state index in [1.54, 1.807) is 0 Å². The molecule has 0 bridgehead atoms. The molecule has 1 fully saturated rings. The Kier molecular flexibility index (Phi) is 4.53. The van der Waals surface area contributed by atoms with Crippen LogP contribution in [0.5, 0.6) is 0 Å². The topological polar surface area (TPSA) is 41.1 Å². The van der Waals surface area contributed by atoms with Gasteiger partial charge in [-0.3, -0.25) is 4.90 Å². The highest BCUT2D eigenvalue weighted by atomic mass is 15.2. The molecule has 0 spiro atoms. The van der Waals surface area contributed by atoms with Crippen molar-refractivity contribution in [3.63, 3.8) is 0 Å². The van der Waals surface area contributed by atoms with Gasteiger partial charge in [-0.2, -0.15) is 0 Å². The molecule has 1 heterocycles. The maximum Gasteiger partial charge on any atom is 0.144 e. The zero-order chi connectivity index (χ0) is 13.0. The maximum absolute atomic E-state index is 4.53. The molecular formula is C14H24N4. The molecule has 0 unspecified atom stereocenters. The van der Waals surface area contributed by atoms with E-state index in [4.69, 9.17) is 0 Å². The lowest BCUT2D eigenvalue weighted by Gasteiger charge is -2.31. The van der Waals surface area contributed by atoms with Crippen LogP contribution < -0.4 is 5.32 Å². The van der Waals surface area contributed by atoms with Crippen molar-refractivity contribution in [1.29, 1.82) is 0 Å². The van der Waals surface area contributed by atoms with E-state index in [9.17, 15) is 0 Å². The van der Waals surface area contributed by atoms with Crippen molar-refractivity contribution in [2.75, 3.05) is 25.5 Å². The molecule has 1 N–H and O–H groups in total. The van der Waals surface area contributed by atoms with Crippen LogP contribution in [-0.4, -0.2) is 35.0 Å². The fourth-order valence-electron chi connectivity index (χ4n) is 2.37. The van der Waals surface area contributed by atoms with E-state index < -0.39 is 0 Å². The number of rotatable bonds is 6. The first-order valence-corrected chi connectivity index (χ1v) is 6.96. The lowest BCUT2D eigenvalue weighted by Crippen LogP contribution is -2.32. The second kappa shape index (κ2) is 6.14. The number of hydrogen-bond acceptors (Lipinski definition) is 4. The fourth-order valence-corrected chi connectivity index (χ4v) is 2.37. The molecule has 18 heavy (non-hydrogen) atoms. The molecule has 0 atom stereocenters. The minimum atomic E-state index is 0.864. The van der Waals surface area contributed by atoms with Gasteiger partial charge in [-0.05, 0) is 32.2 Å². The Bertz CT molecular complexity index is 387. The Hall–Kier alpha value is -1.16. The first-order valence-electron chi connectivity index (χ1n) is 6.96. The highest BCUT2D eigenvalue weighted by molar-refractivity contribution is 5.34. The average molecular weight is 248 g/mol. The van der Waals surface area contributed by atoms with Gasteiger partial charge in [-0.1, -0.05) is 13.3 Å². The van der Waals surface area contributed by atoms with Crippen LogP contribution in [0.2, 0.25) is 0 Å². The van der Waals surface area contributed by atoms with Crippen LogP contribution in [0.4, 0.5) is 5.82 Å². The van der Waals surface area contributed by atoms with Gasteiger partial charge in [-0.15, -0.1) is 0 Å². The zero-order valence-corrected chi connectivity index (χ0v) is 11.7. The first-order chi connectivity index (χ1) is 8.71. The summed E-state index contributed by atoms with van der Waals surface area (Å²) in [6.45, 7) is 7.37. The molecule has 0 aliphatic heterocycles. The molecule has 2 rings (SSSR count). The van der Waals surface area contributed by atoms with Gasteiger partial charge in [0.1, 0.15) is 11.6 Å². The molecular weight excluding hydrogens is 224 g/mol. The number of aryl methyl sites for hydroxylation is 1. The summed E-state index contributed by atoms with van der Waals surface area (Å²) in [6, 6.07) is 1.98. The Labute approximate surface area is 110 Å². The number of hydrogen-bond donors (Lipinski definition) is 1. The Morgan fingerprint density at radius 3 is 2.72 bits per heavy atom. The van der Waals surface area contributed by atoms with E-state index in [0.29, 0.717) is 0 Å². The van der Waals surface area contributed by atoms with Gasteiger partial charge in [0.05, 0.1) is 6.54 Å². The smallest absolute Gasteiger partial charge is 0.144 e. The Morgan fingerprint density at radius 2 is 2.17 bits per heavy atom. The molecule has 100 valence electrons. The summed E-state index contributed by atoms with van der Waals surface area (Å²) < 4.78 is 0. The van der Waals surface area contributed by atoms with Crippen LogP contribution in [0, 0.1) is 12.8 Å². The molecule has 0 amide bonds. The number of anilines is 1. The van der Waals surface area contributed by atoms with Gasteiger partial charge >= 0.3 is 0 Å². The van der Waals surface area contributed by atoms with Crippen molar-refractivity contribution in [3.8, 4) is 0 Å². The molecule has 1 aromatic rings. The Balaban J connectivity index is 1.98. The van der Waals surface area contributed by atoms with Gasteiger partial charge in [-0.25, -0.2) is 9.97 Å². The molecule has 0 radical (unpaired) electrons. The van der Waals surface area contributed by atoms with Gasteiger partial charge in [0.2, 0.25) is 0 Å². The summed E-state index contributed by atoms with van der Waals surface area (Å²) in [5, 5.41) is 3.09. The summed E-state index contributed by atoms with van der Waals surface area (Å²) in [6.07, 6.45) is 4.20. The standard InChI is InChI=1S/C14H24N4/c1-4-18(9-12-6-5-7-12)10-14-16-11(2)8-13(15-3)17-14/h8,12H,4-7,9-10H2,1-3H3,(H,15,16,17). The molecule has 1 aromatic heterocycles. The average Bonchev–Trinajstić information content (AvgIpc) is 2.31. The van der Waals surface area contributed by atoms with E-state index in [-0.39, 0.29) is 0 Å². The SMILES string of the molecule is CCN(Cc1nc(C)cc(NC)n1)CC1CCC1. The van der Waals surface area contributed by atoms with Crippen molar-refractivity contribution in [2.45, 2.75) is 39.7 Å². The van der Waals surface area contributed by atoms with Crippen LogP contribution in [0.1, 0.15) is 37.7 Å².